The van der Waals surface area contributed by atoms with Crippen molar-refractivity contribution >= 4 is 5.91 Å². The molecule has 5 heteroatoms. The fourth-order valence-electron chi connectivity index (χ4n) is 3.36. The van der Waals surface area contributed by atoms with Gasteiger partial charge in [0.2, 0.25) is 5.91 Å². The summed E-state index contributed by atoms with van der Waals surface area (Å²) in [6.45, 7) is 8.25. The molecule has 0 spiro atoms. The number of nitrogens with zero attached hydrogens (tertiary/aromatic N) is 2. The van der Waals surface area contributed by atoms with E-state index in [1.807, 2.05) is 0 Å². The zero-order valence-electron chi connectivity index (χ0n) is 12.1. The second-order valence-corrected chi connectivity index (χ2v) is 6.11. The summed E-state index contributed by atoms with van der Waals surface area (Å²) in [6, 6.07) is 0.302. The Kier molecular flexibility index (Phi) is 5.60. The smallest absolute Gasteiger partial charge is 0.235 e. The maximum absolute atomic E-state index is 11.3. The molecule has 2 rings (SSSR count). The van der Waals surface area contributed by atoms with Crippen molar-refractivity contribution in [1.82, 2.24) is 15.2 Å². The maximum atomic E-state index is 11.3. The van der Waals surface area contributed by atoms with Crippen molar-refractivity contribution in [2.75, 3.05) is 32.7 Å². The average molecular weight is 268 g/mol. The van der Waals surface area contributed by atoms with Crippen LogP contribution in [0.4, 0.5) is 0 Å². The number of hydrogen-bond acceptors (Lipinski definition) is 4. The predicted octanol–water partition coefficient (Wildman–Crippen LogP) is 0.563. The first kappa shape index (κ1) is 14.8. The Labute approximate surface area is 116 Å². The minimum Gasteiger partial charge on any atom is -0.303 e. The Morgan fingerprint density at radius 2 is 1.89 bits per heavy atom. The molecular weight excluding hydrogens is 240 g/mol. The van der Waals surface area contributed by atoms with E-state index in [9.17, 15) is 4.79 Å². The number of hydrazine groups is 1. The van der Waals surface area contributed by atoms with Gasteiger partial charge in [-0.05, 0) is 64.7 Å². The highest BCUT2D eigenvalue weighted by atomic mass is 16.2. The lowest BCUT2D eigenvalue weighted by atomic mass is 9.95. The lowest BCUT2D eigenvalue weighted by Gasteiger charge is -2.37. The third kappa shape index (κ3) is 4.44. The van der Waals surface area contributed by atoms with Crippen LogP contribution in [0.3, 0.4) is 0 Å². The van der Waals surface area contributed by atoms with Gasteiger partial charge in [-0.3, -0.25) is 10.2 Å². The van der Waals surface area contributed by atoms with Crippen LogP contribution in [-0.4, -0.2) is 54.5 Å². The summed E-state index contributed by atoms with van der Waals surface area (Å²) in [5, 5.41) is 0. The van der Waals surface area contributed by atoms with E-state index in [0.29, 0.717) is 12.5 Å². The van der Waals surface area contributed by atoms with Gasteiger partial charge in [0, 0.05) is 19.0 Å². The van der Waals surface area contributed by atoms with E-state index in [4.69, 9.17) is 5.84 Å². The Morgan fingerprint density at radius 3 is 2.47 bits per heavy atom. The molecule has 1 amide bonds. The fourth-order valence-corrected chi connectivity index (χ4v) is 3.36. The Hall–Kier alpha value is -0.650. The van der Waals surface area contributed by atoms with E-state index in [1.54, 1.807) is 0 Å². The van der Waals surface area contributed by atoms with Gasteiger partial charge < -0.3 is 9.80 Å². The summed E-state index contributed by atoms with van der Waals surface area (Å²) in [4.78, 5) is 16.3. The molecule has 0 aromatic heterocycles. The molecule has 0 aromatic carbocycles. The number of carbonyl (C=O) groups excluding carboxylic acids is 1. The maximum Gasteiger partial charge on any atom is 0.235 e. The van der Waals surface area contributed by atoms with E-state index in [0.717, 1.165) is 19.0 Å². The van der Waals surface area contributed by atoms with Crippen LogP contribution in [-0.2, 0) is 4.79 Å². The lowest BCUT2D eigenvalue weighted by Crippen LogP contribution is -2.44. The van der Waals surface area contributed by atoms with Crippen molar-refractivity contribution in [2.45, 2.75) is 45.1 Å². The summed E-state index contributed by atoms with van der Waals surface area (Å²) < 4.78 is 0. The van der Waals surface area contributed by atoms with Crippen LogP contribution in [0, 0.1) is 5.92 Å². The van der Waals surface area contributed by atoms with Gasteiger partial charge in [0.15, 0.2) is 0 Å². The molecule has 2 aliphatic rings. The molecule has 2 saturated heterocycles. The van der Waals surface area contributed by atoms with Crippen LogP contribution in [0.25, 0.3) is 0 Å². The minimum atomic E-state index is -0.0632. The molecule has 2 aliphatic heterocycles. The van der Waals surface area contributed by atoms with E-state index in [1.165, 1.54) is 45.3 Å². The molecule has 1 atom stereocenters. The third-order valence-electron chi connectivity index (χ3n) is 4.63. The van der Waals surface area contributed by atoms with Crippen LogP contribution < -0.4 is 11.3 Å². The molecule has 5 nitrogen and oxygen atoms in total. The third-order valence-corrected chi connectivity index (χ3v) is 4.63. The van der Waals surface area contributed by atoms with Gasteiger partial charge in [-0.2, -0.15) is 0 Å². The second-order valence-electron chi connectivity index (χ2n) is 6.11. The zero-order chi connectivity index (χ0) is 13.7. The van der Waals surface area contributed by atoms with Crippen molar-refractivity contribution in [1.29, 1.82) is 0 Å². The number of carbonyl (C=O) groups is 1. The van der Waals surface area contributed by atoms with Crippen LogP contribution in [0.1, 0.15) is 39.0 Å². The van der Waals surface area contributed by atoms with Crippen molar-refractivity contribution in [3.8, 4) is 0 Å². The number of likely N-dealkylation sites (tertiary alicyclic amines) is 2. The van der Waals surface area contributed by atoms with Crippen molar-refractivity contribution in [2.24, 2.45) is 11.8 Å². The summed E-state index contributed by atoms with van der Waals surface area (Å²) >= 11 is 0. The average Bonchev–Trinajstić information content (AvgIpc) is 2.92. The number of nitrogens with one attached hydrogen (secondary N) is 1. The number of hydrogen-bond donors (Lipinski definition) is 2. The highest BCUT2D eigenvalue weighted by Crippen LogP contribution is 2.22. The van der Waals surface area contributed by atoms with Crippen molar-refractivity contribution in [3.63, 3.8) is 0 Å². The minimum absolute atomic E-state index is 0.0632. The second kappa shape index (κ2) is 7.22. The molecule has 0 radical (unpaired) electrons. The number of nitrogens with two attached hydrogens (primary N) is 1. The van der Waals surface area contributed by atoms with Gasteiger partial charge in [0.1, 0.15) is 0 Å². The number of amides is 1. The van der Waals surface area contributed by atoms with Gasteiger partial charge in [-0.15, -0.1) is 0 Å². The standard InChI is InChI=1S/C14H28N4O/c1-12(10-14(19)16-15)18-8-4-13(5-9-18)11-17-6-2-3-7-17/h12-13H,2-11,15H2,1H3,(H,16,19). The van der Waals surface area contributed by atoms with E-state index in [-0.39, 0.29) is 5.91 Å². The molecule has 19 heavy (non-hydrogen) atoms. The van der Waals surface area contributed by atoms with Crippen LogP contribution >= 0.6 is 0 Å². The molecule has 0 saturated carbocycles. The Bertz CT molecular complexity index is 283. The van der Waals surface area contributed by atoms with Gasteiger partial charge >= 0.3 is 0 Å². The SMILES string of the molecule is CC(CC(=O)NN)N1CCC(CN2CCCC2)CC1. The van der Waals surface area contributed by atoms with Crippen LogP contribution in [0.2, 0.25) is 0 Å². The summed E-state index contributed by atoms with van der Waals surface area (Å²) in [6.07, 6.45) is 5.80. The normalized spacial score (nSPS) is 24.5. The molecule has 0 aromatic rings. The quantitative estimate of drug-likeness (QED) is 0.434. The van der Waals surface area contributed by atoms with Gasteiger partial charge in [-0.1, -0.05) is 0 Å². The first-order valence-corrected chi connectivity index (χ1v) is 7.65. The molecular formula is C14H28N4O. The molecule has 0 bridgehead atoms. The van der Waals surface area contributed by atoms with Crippen molar-refractivity contribution < 1.29 is 4.79 Å². The summed E-state index contributed by atoms with van der Waals surface area (Å²) in [5.74, 6) is 5.93. The fraction of sp³-hybridized carbons (Fsp3) is 0.929. The Morgan fingerprint density at radius 1 is 1.26 bits per heavy atom. The summed E-state index contributed by atoms with van der Waals surface area (Å²) in [7, 11) is 0. The van der Waals surface area contributed by atoms with Crippen molar-refractivity contribution in [3.05, 3.63) is 0 Å². The van der Waals surface area contributed by atoms with Gasteiger partial charge in [0.25, 0.3) is 0 Å². The first-order valence-electron chi connectivity index (χ1n) is 7.65. The lowest BCUT2D eigenvalue weighted by molar-refractivity contribution is -0.122. The monoisotopic (exact) mass is 268 g/mol. The van der Waals surface area contributed by atoms with Crippen LogP contribution in [0.5, 0.6) is 0 Å². The summed E-state index contributed by atoms with van der Waals surface area (Å²) in [5.41, 5.74) is 2.22. The van der Waals surface area contributed by atoms with E-state index < -0.39 is 0 Å². The highest BCUT2D eigenvalue weighted by molar-refractivity contribution is 5.75. The van der Waals surface area contributed by atoms with E-state index in [2.05, 4.69) is 22.1 Å². The number of piperidine rings is 1. The molecule has 110 valence electrons. The first-order chi connectivity index (χ1) is 9.19. The molecule has 2 fully saturated rings. The molecule has 3 N–H and O–H groups in total. The molecule has 2 heterocycles. The number of rotatable bonds is 5. The largest absolute Gasteiger partial charge is 0.303 e. The predicted molar refractivity (Wildman–Crippen MR) is 76.4 cm³/mol. The van der Waals surface area contributed by atoms with Gasteiger partial charge in [-0.25, -0.2) is 5.84 Å². The molecule has 1 unspecified atom stereocenters. The zero-order valence-corrected chi connectivity index (χ0v) is 12.1. The molecule has 0 aliphatic carbocycles. The topological polar surface area (TPSA) is 61.6 Å². The Balaban J connectivity index is 1.67. The van der Waals surface area contributed by atoms with E-state index >= 15 is 0 Å². The van der Waals surface area contributed by atoms with Crippen LogP contribution in [0.15, 0.2) is 0 Å². The van der Waals surface area contributed by atoms with Gasteiger partial charge in [0.05, 0.1) is 0 Å². The highest BCUT2D eigenvalue weighted by Gasteiger charge is 2.25.